The summed E-state index contributed by atoms with van der Waals surface area (Å²) in [6.07, 6.45) is 7.37. The first-order valence-electron chi connectivity index (χ1n) is 8.73. The van der Waals surface area contributed by atoms with Crippen molar-refractivity contribution in [3.63, 3.8) is 0 Å². The van der Waals surface area contributed by atoms with Crippen molar-refractivity contribution in [1.29, 1.82) is 0 Å². The number of pyridine rings is 1. The summed E-state index contributed by atoms with van der Waals surface area (Å²) < 4.78 is 5.41. The molecule has 5 heteroatoms. The monoisotopic (exact) mass is 327 g/mol. The first kappa shape index (κ1) is 16.7. The van der Waals surface area contributed by atoms with Crippen molar-refractivity contribution in [1.82, 2.24) is 15.2 Å². The Balaban J connectivity index is 1.38. The van der Waals surface area contributed by atoms with E-state index in [0.717, 1.165) is 56.8 Å². The van der Waals surface area contributed by atoms with Crippen LogP contribution in [-0.2, 0) is 17.8 Å². The van der Waals surface area contributed by atoms with Crippen molar-refractivity contribution in [3.05, 3.63) is 54.2 Å². The molecule has 0 radical (unpaired) electrons. The van der Waals surface area contributed by atoms with E-state index in [2.05, 4.69) is 15.2 Å². The van der Waals surface area contributed by atoms with Gasteiger partial charge in [0.1, 0.15) is 5.76 Å². The number of hydrogen-bond acceptors (Lipinski definition) is 4. The molecule has 1 amide bonds. The van der Waals surface area contributed by atoms with Crippen LogP contribution in [0.15, 0.2) is 47.2 Å². The van der Waals surface area contributed by atoms with Crippen LogP contribution in [0.1, 0.15) is 30.7 Å². The van der Waals surface area contributed by atoms with Crippen molar-refractivity contribution in [2.45, 2.75) is 32.2 Å². The number of nitrogens with zero attached hydrogens (tertiary/aromatic N) is 2. The van der Waals surface area contributed by atoms with Crippen molar-refractivity contribution in [2.24, 2.45) is 5.92 Å². The van der Waals surface area contributed by atoms with Gasteiger partial charge in [-0.25, -0.2) is 0 Å². The van der Waals surface area contributed by atoms with Gasteiger partial charge in [0, 0.05) is 25.0 Å². The maximum atomic E-state index is 12.4. The molecule has 5 nitrogen and oxygen atoms in total. The zero-order chi connectivity index (χ0) is 16.6. The smallest absolute Gasteiger partial charge is 0.224 e. The van der Waals surface area contributed by atoms with Crippen molar-refractivity contribution >= 4 is 5.91 Å². The van der Waals surface area contributed by atoms with Gasteiger partial charge in [-0.1, -0.05) is 6.07 Å². The number of carbonyl (C=O) groups is 1. The van der Waals surface area contributed by atoms with Gasteiger partial charge in [0.2, 0.25) is 5.91 Å². The van der Waals surface area contributed by atoms with Gasteiger partial charge in [-0.2, -0.15) is 0 Å². The fourth-order valence-corrected chi connectivity index (χ4v) is 3.21. The Hall–Kier alpha value is -2.14. The molecule has 2 aromatic heterocycles. The van der Waals surface area contributed by atoms with Gasteiger partial charge >= 0.3 is 0 Å². The van der Waals surface area contributed by atoms with E-state index in [1.54, 1.807) is 6.26 Å². The number of rotatable bonds is 7. The van der Waals surface area contributed by atoms with Crippen LogP contribution in [0.25, 0.3) is 0 Å². The topological polar surface area (TPSA) is 58.4 Å². The van der Waals surface area contributed by atoms with Crippen LogP contribution in [-0.4, -0.2) is 35.4 Å². The van der Waals surface area contributed by atoms with Gasteiger partial charge in [-0.05, 0) is 56.5 Å². The average molecular weight is 327 g/mol. The van der Waals surface area contributed by atoms with E-state index >= 15 is 0 Å². The van der Waals surface area contributed by atoms with Crippen molar-refractivity contribution in [2.75, 3.05) is 19.6 Å². The Morgan fingerprint density at radius 2 is 2.29 bits per heavy atom. The SMILES string of the molecule is O=C(NCCCc1ccccn1)[C@@H]1CCCN(Cc2ccco2)C1. The Morgan fingerprint density at radius 1 is 1.33 bits per heavy atom. The molecular weight excluding hydrogens is 302 g/mol. The molecule has 1 aliphatic rings. The summed E-state index contributed by atoms with van der Waals surface area (Å²) in [6.45, 7) is 3.34. The van der Waals surface area contributed by atoms with Gasteiger partial charge in [0.05, 0.1) is 18.7 Å². The number of amides is 1. The number of likely N-dealkylation sites (tertiary alicyclic amines) is 1. The number of aromatic nitrogens is 1. The molecule has 1 saturated heterocycles. The van der Waals surface area contributed by atoms with Gasteiger partial charge < -0.3 is 9.73 Å². The second-order valence-corrected chi connectivity index (χ2v) is 6.37. The van der Waals surface area contributed by atoms with E-state index in [-0.39, 0.29) is 11.8 Å². The molecule has 1 N–H and O–H groups in total. The molecule has 0 spiro atoms. The third-order valence-electron chi connectivity index (χ3n) is 4.47. The van der Waals surface area contributed by atoms with Gasteiger partial charge in [-0.15, -0.1) is 0 Å². The number of hydrogen-bond donors (Lipinski definition) is 1. The fourth-order valence-electron chi connectivity index (χ4n) is 3.21. The first-order chi connectivity index (χ1) is 11.8. The Bertz CT molecular complexity index is 613. The summed E-state index contributed by atoms with van der Waals surface area (Å²) in [6, 6.07) is 9.83. The van der Waals surface area contributed by atoms with Gasteiger partial charge in [-0.3, -0.25) is 14.7 Å². The number of carbonyl (C=O) groups excluding carboxylic acids is 1. The summed E-state index contributed by atoms with van der Waals surface area (Å²) in [7, 11) is 0. The lowest BCUT2D eigenvalue weighted by Gasteiger charge is -2.31. The highest BCUT2D eigenvalue weighted by molar-refractivity contribution is 5.78. The highest BCUT2D eigenvalue weighted by atomic mass is 16.3. The Morgan fingerprint density at radius 3 is 3.08 bits per heavy atom. The van der Waals surface area contributed by atoms with Crippen LogP contribution in [0.4, 0.5) is 0 Å². The lowest BCUT2D eigenvalue weighted by atomic mass is 9.97. The molecule has 1 fully saturated rings. The molecule has 0 aromatic carbocycles. The largest absolute Gasteiger partial charge is 0.468 e. The highest BCUT2D eigenvalue weighted by Gasteiger charge is 2.25. The standard InChI is InChI=1S/C19H25N3O2/c23-19(21-11-3-8-17-7-1-2-10-20-17)16-6-4-12-22(14-16)15-18-9-5-13-24-18/h1-2,5,7,9-10,13,16H,3-4,6,8,11-12,14-15H2,(H,21,23)/t16-/m1/s1. The predicted molar refractivity (Wildman–Crippen MR) is 92.3 cm³/mol. The van der Waals surface area contributed by atoms with Crippen LogP contribution < -0.4 is 5.32 Å². The summed E-state index contributed by atoms with van der Waals surface area (Å²) >= 11 is 0. The molecule has 0 aliphatic carbocycles. The molecule has 1 atom stereocenters. The lowest BCUT2D eigenvalue weighted by molar-refractivity contribution is -0.126. The summed E-state index contributed by atoms with van der Waals surface area (Å²) in [5.74, 6) is 1.23. The van der Waals surface area contributed by atoms with Crippen molar-refractivity contribution < 1.29 is 9.21 Å². The Labute approximate surface area is 143 Å². The third kappa shape index (κ3) is 4.93. The molecule has 0 unspecified atom stereocenters. The van der Waals surface area contributed by atoms with E-state index < -0.39 is 0 Å². The first-order valence-corrected chi connectivity index (χ1v) is 8.73. The van der Waals surface area contributed by atoms with E-state index in [1.165, 1.54) is 0 Å². The molecule has 2 aromatic rings. The minimum Gasteiger partial charge on any atom is -0.468 e. The quantitative estimate of drug-likeness (QED) is 0.794. The second kappa shape index (κ2) is 8.64. The Kier molecular flexibility index (Phi) is 6.01. The van der Waals surface area contributed by atoms with E-state index in [4.69, 9.17) is 4.42 Å². The molecule has 3 rings (SSSR count). The maximum absolute atomic E-state index is 12.4. The van der Waals surface area contributed by atoms with Crippen LogP contribution in [0, 0.1) is 5.92 Å². The van der Waals surface area contributed by atoms with E-state index in [1.807, 2.05) is 36.5 Å². The molecule has 0 saturated carbocycles. The van der Waals surface area contributed by atoms with Crippen LogP contribution in [0.3, 0.4) is 0 Å². The van der Waals surface area contributed by atoms with Gasteiger partial charge in [0.15, 0.2) is 0 Å². The van der Waals surface area contributed by atoms with Crippen molar-refractivity contribution in [3.8, 4) is 0 Å². The van der Waals surface area contributed by atoms with E-state index in [0.29, 0.717) is 6.54 Å². The number of nitrogens with one attached hydrogen (secondary N) is 1. The zero-order valence-electron chi connectivity index (χ0n) is 14.0. The number of furan rings is 1. The normalized spacial score (nSPS) is 18.4. The van der Waals surface area contributed by atoms with Crippen LogP contribution >= 0.6 is 0 Å². The summed E-state index contributed by atoms with van der Waals surface area (Å²) in [5, 5.41) is 3.09. The molecule has 24 heavy (non-hydrogen) atoms. The lowest BCUT2D eigenvalue weighted by Crippen LogP contribution is -2.42. The van der Waals surface area contributed by atoms with Crippen LogP contribution in [0.2, 0.25) is 0 Å². The predicted octanol–water partition coefficient (Wildman–Crippen LogP) is 2.64. The molecular formula is C19H25N3O2. The van der Waals surface area contributed by atoms with Crippen LogP contribution in [0.5, 0.6) is 0 Å². The summed E-state index contributed by atoms with van der Waals surface area (Å²) in [5.41, 5.74) is 1.08. The van der Waals surface area contributed by atoms with E-state index in [9.17, 15) is 4.79 Å². The molecule has 128 valence electrons. The maximum Gasteiger partial charge on any atom is 0.224 e. The number of aryl methyl sites for hydroxylation is 1. The highest BCUT2D eigenvalue weighted by Crippen LogP contribution is 2.19. The molecule has 3 heterocycles. The minimum absolute atomic E-state index is 0.0866. The average Bonchev–Trinajstić information content (AvgIpc) is 3.13. The zero-order valence-corrected chi connectivity index (χ0v) is 14.0. The minimum atomic E-state index is 0.0866. The van der Waals surface area contributed by atoms with Gasteiger partial charge in [0.25, 0.3) is 0 Å². The molecule has 0 bridgehead atoms. The summed E-state index contributed by atoms with van der Waals surface area (Å²) in [4.78, 5) is 19.0. The second-order valence-electron chi connectivity index (χ2n) is 6.37. The number of piperidine rings is 1. The third-order valence-corrected chi connectivity index (χ3v) is 4.47. The molecule has 1 aliphatic heterocycles. The fraction of sp³-hybridized carbons (Fsp3) is 0.474.